The number of likely N-dealkylation sites (N-methyl/N-ethyl adjacent to an activating group) is 1. The average molecular weight is 1140 g/mol. The number of quaternary nitrogens is 1. The Morgan fingerprint density at radius 2 is 0.800 bits per heavy atom. The Kier molecular flexibility index (Phi) is 57.3. The van der Waals surface area contributed by atoms with Crippen LogP contribution in [0.15, 0.2) is 85.1 Å². The van der Waals surface area contributed by atoms with Gasteiger partial charge < -0.3 is 19.4 Å². The number of allylic oxidation sites excluding steroid dienone is 13. The molecule has 0 aromatic rings. The molecule has 3 atom stereocenters. The molecular weight excluding hydrogens is 1010 g/mol. The van der Waals surface area contributed by atoms with Crippen LogP contribution in [0.5, 0.6) is 0 Å². The highest BCUT2D eigenvalue weighted by atomic mass is 31.2. The first-order chi connectivity index (χ1) is 38.9. The fourth-order valence-electron chi connectivity index (χ4n) is 9.62. The maximum Gasteiger partial charge on any atom is 0.472 e. The van der Waals surface area contributed by atoms with Crippen LogP contribution in [-0.4, -0.2) is 74.3 Å². The van der Waals surface area contributed by atoms with Crippen molar-refractivity contribution in [3.63, 3.8) is 0 Å². The van der Waals surface area contributed by atoms with E-state index in [1.54, 1.807) is 0 Å². The molecule has 0 fully saturated rings. The van der Waals surface area contributed by atoms with E-state index >= 15 is 0 Å². The number of phosphoric ester groups is 1. The molecule has 0 aromatic heterocycles. The molecule has 0 radical (unpaired) electrons. The van der Waals surface area contributed by atoms with Crippen LogP contribution in [0.2, 0.25) is 0 Å². The lowest BCUT2D eigenvalue weighted by Gasteiger charge is -2.27. The number of amides is 1. The molecule has 10 heteroatoms. The van der Waals surface area contributed by atoms with E-state index in [4.69, 9.17) is 13.8 Å². The van der Waals surface area contributed by atoms with Crippen molar-refractivity contribution in [2.24, 2.45) is 0 Å². The summed E-state index contributed by atoms with van der Waals surface area (Å²) in [7, 11) is 1.47. The number of phosphoric acid groups is 1. The summed E-state index contributed by atoms with van der Waals surface area (Å²) in [6.07, 6.45) is 78.9. The highest BCUT2D eigenvalue weighted by molar-refractivity contribution is 7.47. The van der Waals surface area contributed by atoms with Crippen LogP contribution in [0, 0.1) is 0 Å². The quantitative estimate of drug-likeness (QED) is 0.0156. The number of hydrogen-bond donors (Lipinski definition) is 2. The second-order valence-corrected chi connectivity index (χ2v) is 25.2. The maximum absolute atomic E-state index is 13.6. The molecule has 0 rings (SSSR count). The molecule has 0 aromatic carbocycles. The largest absolute Gasteiger partial charge is 0.472 e. The van der Waals surface area contributed by atoms with Gasteiger partial charge in [-0.15, -0.1) is 0 Å². The summed E-state index contributed by atoms with van der Waals surface area (Å²) < 4.78 is 30.7. The molecule has 0 heterocycles. The Morgan fingerprint density at radius 3 is 1.21 bits per heavy atom. The third-order valence-electron chi connectivity index (χ3n) is 14.8. The van der Waals surface area contributed by atoms with E-state index in [1.807, 2.05) is 94.1 Å². The van der Waals surface area contributed by atoms with Gasteiger partial charge in [0.05, 0.1) is 33.8 Å². The molecule has 0 saturated heterocycles. The van der Waals surface area contributed by atoms with E-state index < -0.39 is 20.0 Å². The summed E-state index contributed by atoms with van der Waals surface area (Å²) in [5, 5.41) is 3.05. The molecule has 464 valence electrons. The summed E-state index contributed by atoms with van der Waals surface area (Å²) in [5.41, 5.74) is 0. The van der Waals surface area contributed by atoms with Crippen LogP contribution in [0.1, 0.15) is 297 Å². The van der Waals surface area contributed by atoms with Crippen molar-refractivity contribution in [2.45, 2.75) is 309 Å². The van der Waals surface area contributed by atoms with Crippen LogP contribution < -0.4 is 5.32 Å². The molecule has 0 aliphatic rings. The molecule has 0 aliphatic heterocycles. The predicted molar refractivity (Wildman–Crippen MR) is 346 cm³/mol. The summed E-state index contributed by atoms with van der Waals surface area (Å²) in [4.78, 5) is 37.8. The number of unbranched alkanes of at least 4 members (excludes halogenated alkanes) is 37. The lowest BCUT2D eigenvalue weighted by molar-refractivity contribution is -0.870. The van der Waals surface area contributed by atoms with E-state index in [0.29, 0.717) is 23.9 Å². The first kappa shape index (κ1) is 77.2. The molecule has 3 unspecified atom stereocenters. The Balaban J connectivity index is 5.14. The van der Waals surface area contributed by atoms with Crippen LogP contribution in [0.25, 0.3) is 0 Å². The monoisotopic (exact) mass is 1140 g/mol. The number of esters is 1. The second kappa shape index (κ2) is 59.4. The van der Waals surface area contributed by atoms with Gasteiger partial charge in [0, 0.05) is 12.8 Å². The Labute approximate surface area is 495 Å². The first-order valence-electron chi connectivity index (χ1n) is 33.5. The molecule has 0 bridgehead atoms. The number of carbonyl (C=O) groups excluding carboxylic acids is 2. The third-order valence-corrected chi connectivity index (χ3v) is 15.7. The van der Waals surface area contributed by atoms with Gasteiger partial charge in [-0.3, -0.25) is 18.6 Å². The van der Waals surface area contributed by atoms with Crippen molar-refractivity contribution in [3.8, 4) is 0 Å². The number of carbonyl (C=O) groups is 2. The van der Waals surface area contributed by atoms with Crippen molar-refractivity contribution >= 4 is 19.7 Å². The SMILES string of the molecule is CC\C=C/C=C/C=C/C=C\C=C\C=C\CCCCCC(=O)OC(/C=C\CCCCCCCCCCCC)C(COP(=O)(O)OCC[N+](C)(C)C)NC(=O)CCCCCCCCCCCCCCCCCCCCCCCCCCC. The standard InChI is InChI=1S/C70H127N2O7P/c1-7-10-13-16-19-22-25-28-30-32-33-34-35-36-37-38-39-41-42-44-47-50-53-56-59-62-69(73)71-67(66-78-80(75,76)77-65-64-72(4,5)6)68(61-58-55-52-49-46-27-24-21-18-15-12-9-3)79-70(74)63-60-57-54-51-48-45-43-40-31-29-26-23-20-17-14-11-8-2/h11,14,17,20,23,26,29,31,40,43,45,48,58,61,67-68H,7-10,12-13,15-16,18-19,21-22,24-25,27-28,30,32-39,41-42,44,46-47,49-57,59-60,62-66H2,1-6H3,(H-,71,73,75,76)/p+1/b14-11-,20-17+,26-23+,31-29-,43-40+,48-45+,61-58-. The zero-order valence-corrected chi connectivity index (χ0v) is 54.0. The molecule has 9 nitrogen and oxygen atoms in total. The summed E-state index contributed by atoms with van der Waals surface area (Å²) >= 11 is 0. The van der Waals surface area contributed by atoms with Crippen LogP contribution in [0.4, 0.5) is 0 Å². The maximum atomic E-state index is 13.6. The number of ether oxygens (including phenoxy) is 1. The number of hydrogen-bond acceptors (Lipinski definition) is 6. The molecule has 2 N–H and O–H groups in total. The summed E-state index contributed by atoms with van der Waals surface area (Å²) in [6.45, 7) is 6.86. The molecule has 0 spiro atoms. The van der Waals surface area contributed by atoms with Crippen molar-refractivity contribution < 1.29 is 37.3 Å². The van der Waals surface area contributed by atoms with Crippen molar-refractivity contribution in [3.05, 3.63) is 85.1 Å². The lowest BCUT2D eigenvalue weighted by Crippen LogP contribution is -2.47. The molecule has 1 amide bonds. The van der Waals surface area contributed by atoms with Crippen molar-refractivity contribution in [2.75, 3.05) is 40.9 Å². The highest BCUT2D eigenvalue weighted by Crippen LogP contribution is 2.43. The van der Waals surface area contributed by atoms with E-state index in [2.05, 4.69) is 38.2 Å². The minimum Gasteiger partial charge on any atom is -0.456 e. The molecule has 80 heavy (non-hydrogen) atoms. The number of rotatable bonds is 60. The Bertz CT molecular complexity index is 1640. The zero-order chi connectivity index (χ0) is 58.6. The van der Waals surface area contributed by atoms with Gasteiger partial charge in [-0.25, -0.2) is 4.57 Å². The van der Waals surface area contributed by atoms with Gasteiger partial charge in [0.1, 0.15) is 19.3 Å². The van der Waals surface area contributed by atoms with Gasteiger partial charge in [-0.1, -0.05) is 318 Å². The topological polar surface area (TPSA) is 111 Å². The molecule has 0 aliphatic carbocycles. The Morgan fingerprint density at radius 1 is 0.450 bits per heavy atom. The van der Waals surface area contributed by atoms with Gasteiger partial charge in [-0.2, -0.15) is 0 Å². The van der Waals surface area contributed by atoms with E-state index in [0.717, 1.165) is 64.2 Å². The normalized spacial score (nSPS) is 14.1. The second-order valence-electron chi connectivity index (χ2n) is 23.8. The molecular formula is C70H128N2O7P+. The van der Waals surface area contributed by atoms with Gasteiger partial charge >= 0.3 is 13.8 Å². The van der Waals surface area contributed by atoms with Crippen LogP contribution in [0.3, 0.4) is 0 Å². The van der Waals surface area contributed by atoms with Crippen molar-refractivity contribution in [1.29, 1.82) is 0 Å². The molecule has 0 saturated carbocycles. The van der Waals surface area contributed by atoms with E-state index in [1.165, 1.54) is 193 Å². The van der Waals surface area contributed by atoms with Gasteiger partial charge in [-0.05, 0) is 51.0 Å². The summed E-state index contributed by atoms with van der Waals surface area (Å²) in [5.74, 6) is -0.550. The van der Waals surface area contributed by atoms with E-state index in [9.17, 15) is 19.0 Å². The van der Waals surface area contributed by atoms with E-state index in [-0.39, 0.29) is 31.5 Å². The predicted octanol–water partition coefficient (Wildman–Crippen LogP) is 21.0. The lowest BCUT2D eigenvalue weighted by atomic mass is 10.0. The smallest absolute Gasteiger partial charge is 0.456 e. The summed E-state index contributed by atoms with van der Waals surface area (Å²) in [6, 6.07) is -0.869. The number of nitrogens with zero attached hydrogens (tertiary/aromatic N) is 1. The average Bonchev–Trinajstić information content (AvgIpc) is 3.42. The van der Waals surface area contributed by atoms with Gasteiger partial charge in [0.25, 0.3) is 0 Å². The fraction of sp³-hybridized carbons (Fsp3) is 0.771. The minimum atomic E-state index is -4.46. The highest BCUT2D eigenvalue weighted by Gasteiger charge is 2.30. The Hall–Kier alpha value is -2.81. The van der Waals surface area contributed by atoms with Crippen molar-refractivity contribution in [1.82, 2.24) is 5.32 Å². The van der Waals surface area contributed by atoms with Crippen LogP contribution in [-0.2, 0) is 27.9 Å². The zero-order valence-electron chi connectivity index (χ0n) is 53.1. The minimum absolute atomic E-state index is 0.0305. The fourth-order valence-corrected chi connectivity index (χ4v) is 10.4. The third kappa shape index (κ3) is 59.8. The van der Waals surface area contributed by atoms with Gasteiger partial charge in [0.2, 0.25) is 5.91 Å². The van der Waals surface area contributed by atoms with Gasteiger partial charge in [0.15, 0.2) is 0 Å². The number of nitrogens with one attached hydrogen (secondary N) is 1. The van der Waals surface area contributed by atoms with Crippen LogP contribution >= 0.6 is 7.82 Å². The first-order valence-corrected chi connectivity index (χ1v) is 35.0.